The molecule has 0 atom stereocenters. The van der Waals surface area contributed by atoms with Crippen molar-refractivity contribution < 1.29 is 4.74 Å². The van der Waals surface area contributed by atoms with Crippen LogP contribution in [0.1, 0.15) is 5.56 Å². The van der Waals surface area contributed by atoms with Crippen molar-refractivity contribution in [2.24, 2.45) is 0 Å². The molecule has 0 fully saturated rings. The number of ether oxygens (including phenoxy) is 1. The monoisotopic (exact) mass is 337 g/mol. The Kier molecular flexibility index (Phi) is 5.01. The Morgan fingerprint density at radius 1 is 1.12 bits per heavy atom. The van der Waals surface area contributed by atoms with E-state index < -0.39 is 0 Å². The van der Waals surface area contributed by atoms with Gasteiger partial charge in [-0.2, -0.15) is 0 Å². The lowest BCUT2D eigenvalue weighted by Gasteiger charge is -2.12. The minimum Gasteiger partial charge on any atom is -0.497 e. The molecule has 0 unspecified atom stereocenters. The Labute approximate surface area is 146 Å². The second-order valence-corrected chi connectivity index (χ2v) is 6.24. The van der Waals surface area contributed by atoms with E-state index in [0.717, 1.165) is 33.7 Å². The van der Waals surface area contributed by atoms with Gasteiger partial charge in [0.25, 0.3) is 0 Å². The van der Waals surface area contributed by atoms with Crippen LogP contribution in [-0.2, 0) is 0 Å². The van der Waals surface area contributed by atoms with E-state index in [4.69, 9.17) is 4.74 Å². The van der Waals surface area contributed by atoms with Crippen molar-refractivity contribution in [2.45, 2.75) is 12.1 Å². The van der Waals surface area contributed by atoms with Crippen molar-refractivity contribution in [1.82, 2.24) is 14.8 Å². The van der Waals surface area contributed by atoms with Gasteiger partial charge < -0.3 is 4.74 Å². The van der Waals surface area contributed by atoms with Gasteiger partial charge in [-0.15, -0.1) is 16.8 Å². The van der Waals surface area contributed by atoms with Crippen molar-refractivity contribution >= 4 is 11.8 Å². The number of para-hydroxylation sites is 1. The second-order valence-electron chi connectivity index (χ2n) is 5.26. The largest absolute Gasteiger partial charge is 0.497 e. The van der Waals surface area contributed by atoms with Gasteiger partial charge >= 0.3 is 0 Å². The molecule has 1 aromatic heterocycles. The van der Waals surface area contributed by atoms with Gasteiger partial charge in [0.05, 0.1) is 12.8 Å². The summed E-state index contributed by atoms with van der Waals surface area (Å²) in [5, 5.41) is 9.67. The number of hydrogen-bond donors (Lipinski definition) is 0. The van der Waals surface area contributed by atoms with Crippen molar-refractivity contribution in [3.63, 3.8) is 0 Å². The number of aromatic nitrogens is 3. The first-order valence-corrected chi connectivity index (χ1v) is 8.62. The Balaban J connectivity index is 2.13. The maximum Gasteiger partial charge on any atom is 0.196 e. The molecule has 0 bridgehead atoms. The lowest BCUT2D eigenvalue weighted by Crippen LogP contribution is -2.02. The third kappa shape index (κ3) is 3.21. The quantitative estimate of drug-likeness (QED) is 0.489. The number of aryl methyl sites for hydroxylation is 1. The van der Waals surface area contributed by atoms with Crippen LogP contribution in [0.5, 0.6) is 5.75 Å². The van der Waals surface area contributed by atoms with E-state index in [1.165, 1.54) is 5.56 Å². The molecule has 1 heterocycles. The van der Waals surface area contributed by atoms with E-state index in [-0.39, 0.29) is 0 Å². The lowest BCUT2D eigenvalue weighted by molar-refractivity contribution is 0.415. The molecule has 0 spiro atoms. The van der Waals surface area contributed by atoms with Gasteiger partial charge in [0, 0.05) is 11.3 Å². The highest BCUT2D eigenvalue weighted by Crippen LogP contribution is 2.30. The number of thioether (sulfide) groups is 1. The highest BCUT2D eigenvalue weighted by Gasteiger charge is 2.17. The molecule has 4 nitrogen and oxygen atoms in total. The molecule has 122 valence electrons. The summed E-state index contributed by atoms with van der Waals surface area (Å²) in [6, 6.07) is 16.1. The topological polar surface area (TPSA) is 39.9 Å². The van der Waals surface area contributed by atoms with E-state index in [1.54, 1.807) is 18.9 Å². The van der Waals surface area contributed by atoms with Crippen LogP contribution in [0.4, 0.5) is 0 Å². The molecule has 0 aliphatic carbocycles. The number of rotatable bonds is 6. The fourth-order valence-electron chi connectivity index (χ4n) is 2.46. The molecule has 0 aliphatic heterocycles. The summed E-state index contributed by atoms with van der Waals surface area (Å²) in [6.07, 6.45) is 1.87. The summed E-state index contributed by atoms with van der Waals surface area (Å²) in [7, 11) is 1.66. The lowest BCUT2D eigenvalue weighted by atomic mass is 10.1. The zero-order valence-corrected chi connectivity index (χ0v) is 14.6. The highest BCUT2D eigenvalue weighted by atomic mass is 32.2. The number of hydrogen-bond acceptors (Lipinski definition) is 4. The summed E-state index contributed by atoms with van der Waals surface area (Å²) in [5.41, 5.74) is 3.25. The standard InChI is InChI=1S/C19H19N3OS/c1-4-13-24-19-21-20-18(15-9-11-16(23-3)12-10-15)22(19)17-8-6-5-7-14(17)2/h4-12H,1,13H2,2-3H3. The minimum absolute atomic E-state index is 0.784. The van der Waals surface area contributed by atoms with Gasteiger partial charge in [0.2, 0.25) is 0 Å². The van der Waals surface area contributed by atoms with Gasteiger partial charge in [-0.05, 0) is 42.8 Å². The predicted octanol–water partition coefficient (Wildman–Crippen LogP) is 4.53. The van der Waals surface area contributed by atoms with Crippen molar-refractivity contribution in [3.8, 4) is 22.8 Å². The molecule has 0 N–H and O–H groups in total. The summed E-state index contributed by atoms with van der Waals surface area (Å²) in [5.74, 6) is 2.42. The average molecular weight is 337 g/mol. The van der Waals surface area contributed by atoms with Crippen LogP contribution in [0.25, 0.3) is 17.1 Å². The molecule has 0 saturated carbocycles. The third-order valence-corrected chi connectivity index (χ3v) is 4.59. The molecule has 0 saturated heterocycles. The van der Waals surface area contributed by atoms with Gasteiger partial charge in [-0.25, -0.2) is 0 Å². The molecule has 3 rings (SSSR count). The first-order valence-electron chi connectivity index (χ1n) is 7.64. The number of methoxy groups -OCH3 is 1. The third-order valence-electron chi connectivity index (χ3n) is 3.67. The van der Waals surface area contributed by atoms with Gasteiger partial charge in [-0.1, -0.05) is 36.0 Å². The van der Waals surface area contributed by atoms with E-state index in [0.29, 0.717) is 0 Å². The van der Waals surface area contributed by atoms with E-state index in [9.17, 15) is 0 Å². The first-order chi connectivity index (χ1) is 11.7. The van der Waals surface area contributed by atoms with Crippen molar-refractivity contribution in [2.75, 3.05) is 12.9 Å². The fourth-order valence-corrected chi connectivity index (χ4v) is 3.13. The zero-order chi connectivity index (χ0) is 16.9. The molecule has 3 aromatic rings. The van der Waals surface area contributed by atoms with E-state index in [1.807, 2.05) is 42.5 Å². The van der Waals surface area contributed by atoms with Gasteiger partial charge in [0.1, 0.15) is 5.75 Å². The smallest absolute Gasteiger partial charge is 0.196 e. The average Bonchev–Trinajstić information content (AvgIpc) is 3.04. The molecule has 24 heavy (non-hydrogen) atoms. The van der Waals surface area contributed by atoms with Crippen LogP contribution in [0.3, 0.4) is 0 Å². The molecule has 0 radical (unpaired) electrons. The predicted molar refractivity (Wildman–Crippen MR) is 99.0 cm³/mol. The van der Waals surface area contributed by atoms with E-state index >= 15 is 0 Å². The molecule has 0 amide bonds. The highest BCUT2D eigenvalue weighted by molar-refractivity contribution is 7.99. The van der Waals surface area contributed by atoms with Crippen LogP contribution in [0.2, 0.25) is 0 Å². The van der Waals surface area contributed by atoms with Crippen molar-refractivity contribution in [1.29, 1.82) is 0 Å². The van der Waals surface area contributed by atoms with Crippen LogP contribution in [0, 0.1) is 6.92 Å². The Bertz CT molecular complexity index is 840. The summed E-state index contributed by atoms with van der Waals surface area (Å²) in [4.78, 5) is 0. The Hall–Kier alpha value is -2.53. The first kappa shape index (κ1) is 16.3. The second kappa shape index (κ2) is 7.36. The molecular formula is C19H19N3OS. The van der Waals surface area contributed by atoms with Crippen LogP contribution in [-0.4, -0.2) is 27.6 Å². The van der Waals surface area contributed by atoms with Crippen LogP contribution in [0.15, 0.2) is 66.3 Å². The van der Waals surface area contributed by atoms with Crippen LogP contribution < -0.4 is 4.74 Å². The Morgan fingerprint density at radius 3 is 2.54 bits per heavy atom. The number of benzene rings is 2. The maximum absolute atomic E-state index is 5.24. The normalized spacial score (nSPS) is 10.6. The van der Waals surface area contributed by atoms with Gasteiger partial charge in [0.15, 0.2) is 11.0 Å². The maximum atomic E-state index is 5.24. The molecule has 5 heteroatoms. The fraction of sp³-hybridized carbons (Fsp3) is 0.158. The molecule has 2 aromatic carbocycles. The van der Waals surface area contributed by atoms with Crippen LogP contribution >= 0.6 is 11.8 Å². The summed E-state index contributed by atoms with van der Waals surface area (Å²) < 4.78 is 7.34. The summed E-state index contributed by atoms with van der Waals surface area (Å²) in [6.45, 7) is 5.88. The SMILES string of the molecule is C=CCSc1nnc(-c2ccc(OC)cc2)n1-c1ccccc1C. The van der Waals surface area contributed by atoms with Crippen molar-refractivity contribution in [3.05, 3.63) is 66.7 Å². The van der Waals surface area contributed by atoms with Gasteiger partial charge in [-0.3, -0.25) is 4.57 Å². The van der Waals surface area contributed by atoms with E-state index in [2.05, 4.69) is 40.4 Å². The number of nitrogens with zero attached hydrogens (tertiary/aromatic N) is 3. The molecular weight excluding hydrogens is 318 g/mol. The Morgan fingerprint density at radius 2 is 1.88 bits per heavy atom. The minimum atomic E-state index is 0.784. The zero-order valence-electron chi connectivity index (χ0n) is 13.8. The molecule has 0 aliphatic rings. The summed E-state index contributed by atoms with van der Waals surface area (Å²) >= 11 is 1.62.